The molecule has 292 valence electrons. The predicted molar refractivity (Wildman–Crippen MR) is 237 cm³/mol. The maximum atomic E-state index is 7.03. The molecule has 0 spiro atoms. The molecule has 0 radical (unpaired) electrons. The zero-order valence-corrected chi connectivity index (χ0v) is 36.0. The lowest BCUT2D eigenvalue weighted by molar-refractivity contribution is -0.726. The van der Waals surface area contributed by atoms with E-state index in [9.17, 15) is 0 Å². The first-order valence-corrected chi connectivity index (χ1v) is 25.9. The number of pyridine rings is 3. The van der Waals surface area contributed by atoms with Gasteiger partial charge in [0.25, 0.3) is 0 Å². The zero-order valence-electron chi connectivity index (χ0n) is 35.0. The average molecular weight is 772 g/mol. The Morgan fingerprint density at radius 3 is 2.32 bits per heavy atom. The van der Waals surface area contributed by atoms with E-state index >= 15 is 0 Å². The number of hydrogen-bond donors (Lipinski definition) is 0. The van der Waals surface area contributed by atoms with Gasteiger partial charge in [-0.1, -0.05) is 115 Å². The van der Waals surface area contributed by atoms with Crippen molar-refractivity contribution in [1.29, 1.82) is 0 Å². The summed E-state index contributed by atoms with van der Waals surface area (Å²) in [6.07, 6.45) is 21.0. The topological polar surface area (TPSA) is 33.8 Å². The Labute approximate surface area is 341 Å². The summed E-state index contributed by atoms with van der Waals surface area (Å²) < 4.78 is 12.2. The molecule has 5 heteroatoms. The molecule has 2 aliphatic carbocycles. The van der Waals surface area contributed by atoms with Crippen molar-refractivity contribution in [2.24, 2.45) is 17.8 Å². The van der Waals surface area contributed by atoms with Crippen LogP contribution in [0.5, 0.6) is 0 Å². The van der Waals surface area contributed by atoms with Crippen molar-refractivity contribution in [2.45, 2.75) is 129 Å². The Morgan fingerprint density at radius 1 is 0.825 bits per heavy atom. The molecular weight excluding hydrogens is 711 g/mol. The fourth-order valence-corrected chi connectivity index (χ4v) is 13.2. The van der Waals surface area contributed by atoms with Gasteiger partial charge in [0, 0.05) is 45.4 Å². The van der Waals surface area contributed by atoms with Gasteiger partial charge in [-0.3, -0.25) is 0 Å². The van der Waals surface area contributed by atoms with Crippen LogP contribution < -0.4 is 14.3 Å². The maximum absolute atomic E-state index is 7.03. The molecule has 6 aromatic rings. The fourth-order valence-electron chi connectivity index (χ4n) is 11.5. The molecule has 0 N–H and O–H groups in total. The largest absolute Gasteiger partial charge is 0.437 e. The molecular formula is C52H61N3OSi+2. The Morgan fingerprint density at radius 2 is 1.56 bits per heavy atom. The van der Waals surface area contributed by atoms with E-state index in [0.29, 0.717) is 5.92 Å². The SMILES string of the molecule is C=C1C2C(CCc3ccc4c(oc5nc(CC6CCCC6)ccc54)c3-c3cc(CC4CCCC4)cc[n+]31)c1ccccc1-c1cc(CC(C)C)c([Si](C)(C)C)c[n+]12. The van der Waals surface area contributed by atoms with E-state index in [1.807, 2.05) is 0 Å². The van der Waals surface area contributed by atoms with E-state index in [-0.39, 0.29) is 12.0 Å². The van der Waals surface area contributed by atoms with Crippen LogP contribution in [0.25, 0.3) is 50.3 Å². The highest BCUT2D eigenvalue weighted by atomic mass is 28.3. The lowest BCUT2D eigenvalue weighted by atomic mass is 9.78. The smallest absolute Gasteiger partial charge is 0.249 e. The molecule has 2 saturated carbocycles. The molecule has 2 atom stereocenters. The first kappa shape index (κ1) is 37.0. The fraction of sp³-hybridized carbons (Fsp3) is 0.442. The lowest BCUT2D eigenvalue weighted by Crippen LogP contribution is -2.57. The minimum Gasteiger partial charge on any atom is -0.437 e. The van der Waals surface area contributed by atoms with Crippen LogP contribution >= 0.6 is 0 Å². The van der Waals surface area contributed by atoms with Gasteiger partial charge in [-0.15, -0.1) is 0 Å². The molecule has 2 unspecified atom stereocenters. The summed E-state index contributed by atoms with van der Waals surface area (Å²) in [7, 11) is -1.69. The number of aryl methyl sites for hydroxylation is 1. The van der Waals surface area contributed by atoms with Crippen molar-refractivity contribution in [1.82, 2.24) is 4.98 Å². The summed E-state index contributed by atoms with van der Waals surface area (Å²) in [5, 5.41) is 3.87. The van der Waals surface area contributed by atoms with E-state index in [1.165, 1.54) is 107 Å². The summed E-state index contributed by atoms with van der Waals surface area (Å²) in [5.74, 6) is 2.37. The van der Waals surface area contributed by atoms with Crippen molar-refractivity contribution >= 4 is 41.0 Å². The highest BCUT2D eigenvalue weighted by Crippen LogP contribution is 2.47. The second-order valence-corrected chi connectivity index (χ2v) is 24.8. The molecule has 2 aliphatic heterocycles. The third kappa shape index (κ3) is 6.62. The van der Waals surface area contributed by atoms with Crippen molar-refractivity contribution in [3.8, 4) is 22.5 Å². The van der Waals surface area contributed by atoms with Crippen LogP contribution in [0.3, 0.4) is 0 Å². The van der Waals surface area contributed by atoms with Crippen LogP contribution in [0, 0.1) is 17.8 Å². The standard InChI is InChI=1S/C52H61N3OSi/c1-33(2)27-39-31-46-42-18-12-11-17-41(42)43-22-19-38-20-23-44-45-24-21-40(29-36-15-9-10-16-36)53-52(45)56-51(44)49(38)47-30-37(28-35-13-7-8-14-35)25-26-54(47)34(3)50(43)55(46)32-48(39)57(4,5)6/h11-12,17-18,20-21,23-26,30-33,35-36,43,50H,3,7-10,13-16,19,22,27-29H2,1-2,4-6H3/q+2. The second-order valence-electron chi connectivity index (χ2n) is 19.8. The summed E-state index contributed by atoms with van der Waals surface area (Å²) >= 11 is 0. The van der Waals surface area contributed by atoms with Crippen LogP contribution in [0.15, 0.2) is 90.1 Å². The average Bonchev–Trinajstić information content (AvgIpc) is 3.98. The quantitative estimate of drug-likeness (QED) is 0.120. The van der Waals surface area contributed by atoms with Crippen LogP contribution in [0.1, 0.15) is 112 Å². The van der Waals surface area contributed by atoms with Crippen molar-refractivity contribution in [2.75, 3.05) is 0 Å². The number of nitrogens with zero attached hydrogens (tertiary/aromatic N) is 3. The van der Waals surface area contributed by atoms with Gasteiger partial charge < -0.3 is 4.42 Å². The van der Waals surface area contributed by atoms with Gasteiger partial charge in [0.1, 0.15) is 0 Å². The van der Waals surface area contributed by atoms with Gasteiger partial charge in [0.15, 0.2) is 18.0 Å². The van der Waals surface area contributed by atoms with Gasteiger partial charge in [-0.05, 0) is 96.9 Å². The second kappa shape index (κ2) is 14.5. The van der Waals surface area contributed by atoms with Crippen LogP contribution in [0.4, 0.5) is 0 Å². The van der Waals surface area contributed by atoms with E-state index in [0.717, 1.165) is 66.3 Å². The number of allylic oxidation sites excluding steroid dienone is 1. The summed E-state index contributed by atoms with van der Waals surface area (Å²) in [6.45, 7) is 17.4. The van der Waals surface area contributed by atoms with Crippen LogP contribution in [0.2, 0.25) is 19.6 Å². The molecule has 10 rings (SSSR count). The number of aromatic nitrogens is 3. The van der Waals surface area contributed by atoms with Crippen molar-refractivity contribution < 1.29 is 13.6 Å². The van der Waals surface area contributed by atoms with Crippen molar-refractivity contribution in [3.05, 3.63) is 114 Å². The maximum Gasteiger partial charge on any atom is 0.249 e. The molecule has 2 fully saturated rings. The lowest BCUT2D eigenvalue weighted by Gasteiger charge is -2.31. The predicted octanol–water partition coefficient (Wildman–Crippen LogP) is 11.9. The van der Waals surface area contributed by atoms with E-state index < -0.39 is 8.07 Å². The van der Waals surface area contributed by atoms with E-state index in [1.54, 1.807) is 5.19 Å². The molecule has 2 aromatic carbocycles. The number of rotatable bonds is 7. The number of fused-ring (bicyclic) bond motifs is 13. The number of furan rings is 1. The van der Waals surface area contributed by atoms with Gasteiger partial charge in [0.2, 0.25) is 28.8 Å². The number of hydrogen-bond acceptors (Lipinski definition) is 2. The molecule has 57 heavy (non-hydrogen) atoms. The van der Waals surface area contributed by atoms with E-state index in [4.69, 9.17) is 16.0 Å². The molecule has 4 aromatic heterocycles. The van der Waals surface area contributed by atoms with Gasteiger partial charge in [-0.2, -0.15) is 9.13 Å². The van der Waals surface area contributed by atoms with Crippen LogP contribution in [-0.4, -0.2) is 13.1 Å². The van der Waals surface area contributed by atoms with Crippen LogP contribution in [-0.2, 0) is 25.7 Å². The van der Waals surface area contributed by atoms with Gasteiger partial charge >= 0.3 is 0 Å². The monoisotopic (exact) mass is 771 g/mol. The minimum atomic E-state index is -1.69. The highest BCUT2D eigenvalue weighted by molar-refractivity contribution is 6.89. The molecule has 0 bridgehead atoms. The third-order valence-electron chi connectivity index (χ3n) is 14.2. The van der Waals surface area contributed by atoms with E-state index in [2.05, 4.69) is 122 Å². The van der Waals surface area contributed by atoms with Gasteiger partial charge in [0.05, 0.1) is 19.6 Å². The molecule has 4 nitrogen and oxygen atoms in total. The Kier molecular flexibility index (Phi) is 9.39. The Bertz CT molecular complexity index is 2530. The molecule has 6 heterocycles. The summed E-state index contributed by atoms with van der Waals surface area (Å²) in [6, 6.07) is 26.1. The summed E-state index contributed by atoms with van der Waals surface area (Å²) in [5.41, 5.74) is 15.0. The van der Waals surface area contributed by atoms with Crippen molar-refractivity contribution in [3.63, 3.8) is 0 Å². The third-order valence-corrected chi connectivity index (χ3v) is 16.3. The first-order valence-electron chi connectivity index (χ1n) is 22.4. The zero-order chi connectivity index (χ0) is 39.0. The minimum absolute atomic E-state index is 0.0721. The first-order chi connectivity index (χ1) is 27.6. The molecule has 0 saturated heterocycles. The number of benzene rings is 2. The highest BCUT2D eigenvalue weighted by Gasteiger charge is 2.48. The summed E-state index contributed by atoms with van der Waals surface area (Å²) in [4.78, 5) is 5.21. The Hall–Kier alpha value is -4.35. The van der Waals surface area contributed by atoms with Gasteiger partial charge in [-0.25, -0.2) is 4.98 Å². The molecule has 4 aliphatic rings. The molecule has 0 amide bonds. The normalized spacial score (nSPS) is 19.9. The Balaban J connectivity index is 1.19.